The number of rotatable bonds is 4. The van der Waals surface area contributed by atoms with Gasteiger partial charge in [0.05, 0.1) is 24.4 Å². The molecule has 2 N–H and O–H groups in total. The molecule has 132 valence electrons. The lowest BCUT2D eigenvalue weighted by Crippen LogP contribution is -2.18. The number of phenolic OH excluding ortho intramolecular Hbond substituents is 1. The van der Waals surface area contributed by atoms with Gasteiger partial charge in [-0.1, -0.05) is 28.1 Å². The van der Waals surface area contributed by atoms with Crippen molar-refractivity contribution in [2.24, 2.45) is 5.10 Å². The number of aromatic hydroxyl groups is 1. The molecule has 7 heteroatoms. The number of hydrogen-bond acceptors (Lipinski definition) is 5. The van der Waals surface area contributed by atoms with Gasteiger partial charge in [-0.2, -0.15) is 5.10 Å². The highest BCUT2D eigenvalue weighted by atomic mass is 79.9. The molecule has 3 aromatic rings. The molecular formula is C19H16BrN3O3. The van der Waals surface area contributed by atoms with Crippen LogP contribution in [0, 0.1) is 6.92 Å². The zero-order valence-electron chi connectivity index (χ0n) is 14.2. The van der Waals surface area contributed by atoms with Crippen LogP contribution in [0.15, 0.2) is 52.0 Å². The zero-order chi connectivity index (χ0) is 18.7. The number of methoxy groups -OCH3 is 1. The van der Waals surface area contributed by atoms with E-state index in [0.29, 0.717) is 16.9 Å². The summed E-state index contributed by atoms with van der Waals surface area (Å²) in [6.07, 6.45) is 1.36. The van der Waals surface area contributed by atoms with Crippen LogP contribution in [0.4, 0.5) is 0 Å². The van der Waals surface area contributed by atoms with Crippen LogP contribution in [0.5, 0.6) is 11.5 Å². The fraction of sp³-hybridized carbons (Fsp3) is 0.105. The second-order valence-electron chi connectivity index (χ2n) is 5.57. The SMILES string of the molecule is COc1cccc(/C=N/NC(=O)c2cc(C)nc3cc(Br)ccc23)c1O. The Morgan fingerprint density at radius 3 is 2.88 bits per heavy atom. The lowest BCUT2D eigenvalue weighted by Gasteiger charge is -2.07. The highest BCUT2D eigenvalue weighted by molar-refractivity contribution is 9.10. The summed E-state index contributed by atoms with van der Waals surface area (Å²) in [5.74, 6) is -0.0638. The molecule has 0 spiro atoms. The van der Waals surface area contributed by atoms with Crippen LogP contribution in [0.25, 0.3) is 10.9 Å². The van der Waals surface area contributed by atoms with Crippen molar-refractivity contribution in [3.63, 3.8) is 0 Å². The molecule has 0 saturated carbocycles. The average Bonchev–Trinajstić information content (AvgIpc) is 2.62. The van der Waals surface area contributed by atoms with E-state index in [0.717, 1.165) is 21.1 Å². The molecule has 1 aromatic heterocycles. The van der Waals surface area contributed by atoms with Crippen molar-refractivity contribution < 1.29 is 14.6 Å². The second kappa shape index (κ2) is 7.53. The number of ether oxygens (including phenoxy) is 1. The van der Waals surface area contributed by atoms with Gasteiger partial charge in [-0.3, -0.25) is 9.78 Å². The molecule has 0 radical (unpaired) electrons. The van der Waals surface area contributed by atoms with Crippen LogP contribution in [0.1, 0.15) is 21.6 Å². The lowest BCUT2D eigenvalue weighted by molar-refractivity contribution is 0.0956. The van der Waals surface area contributed by atoms with Crippen LogP contribution in [0.3, 0.4) is 0 Å². The maximum atomic E-state index is 12.5. The molecular weight excluding hydrogens is 398 g/mol. The molecule has 1 amide bonds. The Morgan fingerprint density at radius 2 is 2.12 bits per heavy atom. The monoisotopic (exact) mass is 413 g/mol. The molecule has 0 unspecified atom stereocenters. The number of hydrazone groups is 1. The summed E-state index contributed by atoms with van der Waals surface area (Å²) in [4.78, 5) is 17.0. The summed E-state index contributed by atoms with van der Waals surface area (Å²) < 4.78 is 5.93. The van der Waals surface area contributed by atoms with E-state index < -0.39 is 0 Å². The number of carbonyl (C=O) groups excluding carboxylic acids is 1. The first-order chi connectivity index (χ1) is 12.5. The third kappa shape index (κ3) is 3.67. The minimum atomic E-state index is -0.360. The number of nitrogens with one attached hydrogen (secondary N) is 1. The first kappa shape index (κ1) is 17.9. The van der Waals surface area contributed by atoms with E-state index in [9.17, 15) is 9.90 Å². The summed E-state index contributed by atoms with van der Waals surface area (Å²) >= 11 is 3.41. The highest BCUT2D eigenvalue weighted by Gasteiger charge is 2.12. The molecule has 0 aliphatic rings. The molecule has 2 aromatic carbocycles. The van der Waals surface area contributed by atoms with Crippen molar-refractivity contribution in [1.82, 2.24) is 10.4 Å². The molecule has 0 atom stereocenters. The normalized spacial score (nSPS) is 11.0. The Morgan fingerprint density at radius 1 is 1.31 bits per heavy atom. The number of phenols is 1. The Balaban J connectivity index is 1.86. The molecule has 26 heavy (non-hydrogen) atoms. The fourth-order valence-electron chi connectivity index (χ4n) is 2.55. The quantitative estimate of drug-likeness (QED) is 0.503. The number of aryl methyl sites for hydroxylation is 1. The molecule has 1 heterocycles. The fourth-order valence-corrected chi connectivity index (χ4v) is 2.90. The number of amides is 1. The van der Waals surface area contributed by atoms with E-state index in [2.05, 4.69) is 31.4 Å². The van der Waals surface area contributed by atoms with Crippen LogP contribution in [-0.4, -0.2) is 29.3 Å². The van der Waals surface area contributed by atoms with Crippen molar-refractivity contribution in [2.75, 3.05) is 7.11 Å². The minimum absolute atomic E-state index is 0.0388. The van der Waals surface area contributed by atoms with Crippen LogP contribution < -0.4 is 10.2 Å². The van der Waals surface area contributed by atoms with Gasteiger partial charge in [-0.15, -0.1) is 0 Å². The average molecular weight is 414 g/mol. The number of fused-ring (bicyclic) bond motifs is 1. The number of para-hydroxylation sites is 1. The summed E-state index contributed by atoms with van der Waals surface area (Å²) in [6, 6.07) is 12.3. The van der Waals surface area contributed by atoms with Crippen molar-refractivity contribution in [3.05, 3.63) is 63.8 Å². The zero-order valence-corrected chi connectivity index (χ0v) is 15.7. The van der Waals surface area contributed by atoms with Gasteiger partial charge >= 0.3 is 0 Å². The maximum Gasteiger partial charge on any atom is 0.272 e. The predicted octanol–water partition coefficient (Wildman–Crippen LogP) is 3.78. The van der Waals surface area contributed by atoms with Gasteiger partial charge in [-0.05, 0) is 37.3 Å². The smallest absolute Gasteiger partial charge is 0.272 e. The Hall–Kier alpha value is -2.93. The number of pyridine rings is 1. The third-order valence-corrected chi connectivity index (χ3v) is 4.26. The molecule has 6 nitrogen and oxygen atoms in total. The van der Waals surface area contributed by atoms with Gasteiger partial charge in [0.2, 0.25) is 0 Å². The van der Waals surface area contributed by atoms with Crippen molar-refractivity contribution >= 4 is 39.0 Å². The van der Waals surface area contributed by atoms with Crippen LogP contribution in [0.2, 0.25) is 0 Å². The van der Waals surface area contributed by atoms with Gasteiger partial charge in [-0.25, -0.2) is 5.43 Å². The van der Waals surface area contributed by atoms with Gasteiger partial charge in [0, 0.05) is 21.1 Å². The molecule has 0 aliphatic carbocycles. The molecule has 0 fully saturated rings. The summed E-state index contributed by atoms with van der Waals surface area (Å²) in [6.45, 7) is 1.83. The van der Waals surface area contributed by atoms with E-state index in [4.69, 9.17) is 4.74 Å². The summed E-state index contributed by atoms with van der Waals surface area (Å²) in [7, 11) is 1.47. The largest absolute Gasteiger partial charge is 0.504 e. The maximum absolute atomic E-state index is 12.5. The topological polar surface area (TPSA) is 83.8 Å². The molecule has 0 bridgehead atoms. The number of benzene rings is 2. The van der Waals surface area contributed by atoms with Gasteiger partial charge in [0.1, 0.15) is 0 Å². The van der Waals surface area contributed by atoms with Crippen molar-refractivity contribution in [1.29, 1.82) is 0 Å². The summed E-state index contributed by atoms with van der Waals surface area (Å²) in [5, 5.41) is 14.7. The second-order valence-corrected chi connectivity index (χ2v) is 6.49. The Kier molecular flexibility index (Phi) is 5.18. The van der Waals surface area contributed by atoms with Gasteiger partial charge in [0.15, 0.2) is 11.5 Å². The minimum Gasteiger partial charge on any atom is -0.504 e. The number of nitrogens with zero attached hydrogens (tertiary/aromatic N) is 2. The summed E-state index contributed by atoms with van der Waals surface area (Å²) in [5.41, 5.74) is 4.85. The first-order valence-electron chi connectivity index (χ1n) is 7.76. The first-order valence-corrected chi connectivity index (χ1v) is 8.55. The number of aromatic nitrogens is 1. The number of halogens is 1. The highest BCUT2D eigenvalue weighted by Crippen LogP contribution is 2.28. The van der Waals surface area contributed by atoms with E-state index in [-0.39, 0.29) is 11.7 Å². The lowest BCUT2D eigenvalue weighted by atomic mass is 10.1. The number of hydrogen-bond donors (Lipinski definition) is 2. The van der Waals surface area contributed by atoms with Crippen molar-refractivity contribution in [3.8, 4) is 11.5 Å². The Labute approximate surface area is 158 Å². The standard InChI is InChI=1S/C19H16BrN3O3/c1-11-8-15(14-7-6-13(20)9-16(14)22-11)19(25)23-21-10-12-4-3-5-17(26-2)18(12)24/h3-10,24H,1-2H3,(H,23,25)/b21-10+. The van der Waals surface area contributed by atoms with Crippen molar-refractivity contribution in [2.45, 2.75) is 6.92 Å². The van der Waals surface area contributed by atoms with Crippen LogP contribution in [-0.2, 0) is 0 Å². The Bertz CT molecular complexity index is 1010. The van der Waals surface area contributed by atoms with E-state index in [1.807, 2.05) is 25.1 Å². The van der Waals surface area contributed by atoms with Gasteiger partial charge in [0.25, 0.3) is 5.91 Å². The molecule has 3 rings (SSSR count). The van der Waals surface area contributed by atoms with E-state index in [1.165, 1.54) is 13.3 Å². The molecule has 0 aliphatic heterocycles. The number of carbonyl (C=O) groups is 1. The van der Waals surface area contributed by atoms with Gasteiger partial charge < -0.3 is 9.84 Å². The van der Waals surface area contributed by atoms with E-state index in [1.54, 1.807) is 24.3 Å². The molecule has 0 saturated heterocycles. The third-order valence-electron chi connectivity index (χ3n) is 3.76. The predicted molar refractivity (Wildman–Crippen MR) is 104 cm³/mol. The van der Waals surface area contributed by atoms with Crippen LogP contribution >= 0.6 is 15.9 Å². The van der Waals surface area contributed by atoms with E-state index >= 15 is 0 Å².